The molecule has 1 aliphatic heterocycles. The molecule has 0 aliphatic carbocycles. The normalized spacial score (nSPS) is 17.3. The number of hydrogen-bond acceptors (Lipinski definition) is 4. The highest BCUT2D eigenvalue weighted by Crippen LogP contribution is 2.20. The maximum Gasteiger partial charge on any atom is 0.274 e. The van der Waals surface area contributed by atoms with E-state index in [1.165, 1.54) is 12.4 Å². The number of nitrogens with zero attached hydrogens (tertiary/aromatic N) is 4. The van der Waals surface area contributed by atoms with Gasteiger partial charge in [0.25, 0.3) is 5.91 Å². The number of carbonyl (C=O) groups excluding carboxylic acids is 2. The SMILES string of the molecule is CNC(=O)CC1CN(C(=O)c2cnccn2)Cc2cccn2C1. The molecule has 0 saturated heterocycles. The van der Waals surface area contributed by atoms with E-state index in [0.717, 1.165) is 12.2 Å². The summed E-state index contributed by atoms with van der Waals surface area (Å²) in [5.41, 5.74) is 1.38. The van der Waals surface area contributed by atoms with Crippen molar-refractivity contribution in [3.05, 3.63) is 48.3 Å². The minimum absolute atomic E-state index is 0.0162. The van der Waals surface area contributed by atoms with Gasteiger partial charge in [0.1, 0.15) is 5.69 Å². The lowest BCUT2D eigenvalue weighted by Crippen LogP contribution is -2.36. The number of nitrogens with one attached hydrogen (secondary N) is 1. The zero-order valence-corrected chi connectivity index (χ0v) is 13.0. The third-order valence-electron chi connectivity index (χ3n) is 4.03. The maximum atomic E-state index is 12.7. The molecule has 0 radical (unpaired) electrons. The molecule has 120 valence electrons. The first kappa shape index (κ1) is 15.2. The zero-order valence-electron chi connectivity index (χ0n) is 13.0. The molecule has 2 aromatic rings. The second-order valence-corrected chi connectivity index (χ2v) is 5.67. The number of amides is 2. The minimum Gasteiger partial charge on any atom is -0.359 e. The van der Waals surface area contributed by atoms with Gasteiger partial charge in [0, 0.05) is 56.8 Å². The Bertz CT molecular complexity index is 698. The zero-order chi connectivity index (χ0) is 16.2. The third-order valence-corrected chi connectivity index (χ3v) is 4.03. The van der Waals surface area contributed by atoms with Crippen LogP contribution in [0.4, 0.5) is 0 Å². The van der Waals surface area contributed by atoms with Crippen LogP contribution in [-0.2, 0) is 17.9 Å². The van der Waals surface area contributed by atoms with E-state index in [4.69, 9.17) is 0 Å². The van der Waals surface area contributed by atoms with Crippen LogP contribution in [0.3, 0.4) is 0 Å². The molecule has 2 amide bonds. The molecule has 3 heterocycles. The molecule has 0 bridgehead atoms. The van der Waals surface area contributed by atoms with Gasteiger partial charge in [0.15, 0.2) is 0 Å². The number of aromatic nitrogens is 3. The summed E-state index contributed by atoms with van der Waals surface area (Å²) in [6.45, 7) is 1.75. The van der Waals surface area contributed by atoms with Crippen molar-refractivity contribution in [2.75, 3.05) is 13.6 Å². The van der Waals surface area contributed by atoms with Crippen LogP contribution < -0.4 is 5.32 Å². The van der Waals surface area contributed by atoms with Crippen LogP contribution in [0, 0.1) is 5.92 Å². The summed E-state index contributed by atoms with van der Waals surface area (Å²) in [6, 6.07) is 3.96. The molecule has 1 N–H and O–H groups in total. The molecule has 7 heteroatoms. The number of fused-ring (bicyclic) bond motifs is 1. The van der Waals surface area contributed by atoms with Gasteiger partial charge in [-0.15, -0.1) is 0 Å². The van der Waals surface area contributed by atoms with Gasteiger partial charge in [-0.2, -0.15) is 0 Å². The van der Waals surface area contributed by atoms with Crippen molar-refractivity contribution in [2.24, 2.45) is 5.92 Å². The van der Waals surface area contributed by atoms with E-state index in [1.54, 1.807) is 18.1 Å². The smallest absolute Gasteiger partial charge is 0.274 e. The van der Waals surface area contributed by atoms with Crippen LogP contribution in [0.2, 0.25) is 0 Å². The van der Waals surface area contributed by atoms with Crippen LogP contribution in [0.5, 0.6) is 0 Å². The van der Waals surface area contributed by atoms with Gasteiger partial charge in [-0.05, 0) is 12.1 Å². The molecule has 3 rings (SSSR count). The summed E-state index contributed by atoms with van der Waals surface area (Å²) in [5.74, 6) is -0.114. The van der Waals surface area contributed by atoms with Gasteiger partial charge in [0.2, 0.25) is 5.91 Å². The minimum atomic E-state index is -0.158. The number of hydrogen-bond donors (Lipinski definition) is 1. The standard InChI is InChI=1S/C16H19N5O2/c1-17-15(22)7-12-9-20-6-2-3-13(20)11-21(10-12)16(23)14-8-18-4-5-19-14/h2-6,8,12H,7,9-11H2,1H3,(H,17,22). The average molecular weight is 313 g/mol. The Hall–Kier alpha value is -2.70. The Balaban J connectivity index is 1.84. The van der Waals surface area contributed by atoms with Gasteiger partial charge < -0.3 is 14.8 Å². The van der Waals surface area contributed by atoms with Crippen molar-refractivity contribution < 1.29 is 9.59 Å². The summed E-state index contributed by atoms with van der Waals surface area (Å²) < 4.78 is 2.11. The monoisotopic (exact) mass is 313 g/mol. The van der Waals surface area contributed by atoms with Crippen molar-refractivity contribution in [1.82, 2.24) is 24.8 Å². The molecule has 1 aliphatic rings. The van der Waals surface area contributed by atoms with Gasteiger partial charge in [-0.1, -0.05) is 0 Å². The van der Waals surface area contributed by atoms with E-state index in [9.17, 15) is 9.59 Å². The van der Waals surface area contributed by atoms with Crippen LogP contribution in [-0.4, -0.2) is 44.8 Å². The fourth-order valence-electron chi connectivity index (χ4n) is 2.90. The predicted molar refractivity (Wildman–Crippen MR) is 83.4 cm³/mol. The largest absolute Gasteiger partial charge is 0.359 e. The predicted octanol–water partition coefficient (Wildman–Crippen LogP) is 0.686. The van der Waals surface area contributed by atoms with E-state index < -0.39 is 0 Å². The van der Waals surface area contributed by atoms with E-state index in [1.807, 2.05) is 18.3 Å². The third kappa shape index (κ3) is 3.39. The lowest BCUT2D eigenvalue weighted by molar-refractivity contribution is -0.121. The summed E-state index contributed by atoms with van der Waals surface area (Å²) in [5, 5.41) is 2.65. The molecule has 0 saturated carbocycles. The van der Waals surface area contributed by atoms with Crippen molar-refractivity contribution in [3.8, 4) is 0 Å². The molecule has 0 fully saturated rings. The molecule has 1 unspecified atom stereocenters. The highest BCUT2D eigenvalue weighted by Gasteiger charge is 2.27. The maximum absolute atomic E-state index is 12.7. The summed E-state index contributed by atoms with van der Waals surface area (Å²) in [4.78, 5) is 34.2. The van der Waals surface area contributed by atoms with Crippen LogP contribution in [0.1, 0.15) is 22.6 Å². The van der Waals surface area contributed by atoms with Crippen molar-refractivity contribution in [2.45, 2.75) is 19.5 Å². The summed E-state index contributed by atoms with van der Waals surface area (Å²) in [6.07, 6.45) is 6.90. The Morgan fingerprint density at radius 1 is 1.35 bits per heavy atom. The van der Waals surface area contributed by atoms with Gasteiger partial charge in [0.05, 0.1) is 12.7 Å². The Kier molecular flexibility index (Phi) is 4.36. The first-order chi connectivity index (χ1) is 11.2. The second-order valence-electron chi connectivity index (χ2n) is 5.67. The quantitative estimate of drug-likeness (QED) is 0.904. The topological polar surface area (TPSA) is 80.1 Å². The highest BCUT2D eigenvalue weighted by molar-refractivity contribution is 5.92. The van der Waals surface area contributed by atoms with E-state index >= 15 is 0 Å². The lowest BCUT2D eigenvalue weighted by atomic mass is 10.0. The van der Waals surface area contributed by atoms with Crippen LogP contribution >= 0.6 is 0 Å². The van der Waals surface area contributed by atoms with Gasteiger partial charge in [-0.3, -0.25) is 14.6 Å². The fraction of sp³-hybridized carbons (Fsp3) is 0.375. The first-order valence-electron chi connectivity index (χ1n) is 7.57. The molecule has 23 heavy (non-hydrogen) atoms. The Morgan fingerprint density at radius 3 is 2.96 bits per heavy atom. The molecule has 0 aromatic carbocycles. The summed E-state index contributed by atoms with van der Waals surface area (Å²) in [7, 11) is 1.63. The highest BCUT2D eigenvalue weighted by atomic mass is 16.2. The van der Waals surface area contributed by atoms with E-state index in [0.29, 0.717) is 25.2 Å². The van der Waals surface area contributed by atoms with Crippen molar-refractivity contribution in [3.63, 3.8) is 0 Å². The Labute approximate surface area is 134 Å². The van der Waals surface area contributed by atoms with Crippen molar-refractivity contribution >= 4 is 11.8 Å². The second kappa shape index (κ2) is 6.60. The fourth-order valence-corrected chi connectivity index (χ4v) is 2.90. The summed E-state index contributed by atoms with van der Waals surface area (Å²) >= 11 is 0. The molecule has 0 spiro atoms. The lowest BCUT2D eigenvalue weighted by Gasteiger charge is -2.23. The molecular weight excluding hydrogens is 294 g/mol. The van der Waals surface area contributed by atoms with Crippen molar-refractivity contribution in [1.29, 1.82) is 0 Å². The van der Waals surface area contributed by atoms with E-state index in [-0.39, 0.29) is 17.7 Å². The number of carbonyl (C=O) groups is 2. The first-order valence-corrected chi connectivity index (χ1v) is 7.57. The van der Waals surface area contributed by atoms with Crippen LogP contribution in [0.25, 0.3) is 0 Å². The van der Waals surface area contributed by atoms with Crippen LogP contribution in [0.15, 0.2) is 36.9 Å². The molecule has 7 nitrogen and oxygen atoms in total. The molecular formula is C16H19N5O2. The van der Waals surface area contributed by atoms with Gasteiger partial charge in [-0.25, -0.2) is 4.98 Å². The number of rotatable bonds is 3. The molecule has 2 aromatic heterocycles. The average Bonchev–Trinajstić information content (AvgIpc) is 2.93. The Morgan fingerprint density at radius 2 is 2.22 bits per heavy atom. The van der Waals surface area contributed by atoms with E-state index in [2.05, 4.69) is 19.9 Å². The van der Waals surface area contributed by atoms with Gasteiger partial charge >= 0.3 is 0 Å². The molecule has 1 atom stereocenters.